The van der Waals surface area contributed by atoms with Crippen molar-refractivity contribution >= 4 is 11.6 Å². The third-order valence-corrected chi connectivity index (χ3v) is 2.01. The number of rotatable bonds is 3. The summed E-state index contributed by atoms with van der Waals surface area (Å²) in [4.78, 5) is 21.8. The molecule has 0 aliphatic rings. The summed E-state index contributed by atoms with van der Waals surface area (Å²) in [6.45, 7) is 6.47. The van der Waals surface area contributed by atoms with E-state index in [4.69, 9.17) is 5.73 Å². The molecule has 0 aliphatic heterocycles. The van der Waals surface area contributed by atoms with Gasteiger partial charge in [0, 0.05) is 6.92 Å². The molecule has 1 unspecified atom stereocenters. The second-order valence-corrected chi connectivity index (χ2v) is 3.32. The summed E-state index contributed by atoms with van der Waals surface area (Å²) in [6, 6.07) is 0. The standard InChI is InChI=1S/C8H15NO2/c1-5(2)8(4,9)7(11)6(3)10/h5H,9H2,1-4H3. The largest absolute Gasteiger partial charge is 0.319 e. The topological polar surface area (TPSA) is 60.2 Å². The molecule has 0 fully saturated rings. The number of hydrogen-bond acceptors (Lipinski definition) is 3. The Kier molecular flexibility index (Phi) is 2.93. The number of carbonyl (C=O) groups is 2. The monoisotopic (exact) mass is 157 g/mol. The lowest BCUT2D eigenvalue weighted by Gasteiger charge is -2.25. The highest BCUT2D eigenvalue weighted by atomic mass is 16.2. The van der Waals surface area contributed by atoms with Gasteiger partial charge in [0.25, 0.3) is 0 Å². The lowest BCUT2D eigenvalue weighted by atomic mass is 9.84. The highest BCUT2D eigenvalue weighted by Crippen LogP contribution is 2.14. The molecule has 0 aromatic heterocycles. The van der Waals surface area contributed by atoms with Crippen LogP contribution in [0.15, 0.2) is 0 Å². The molecule has 0 bridgehead atoms. The van der Waals surface area contributed by atoms with Gasteiger partial charge in [0.05, 0.1) is 5.54 Å². The lowest BCUT2D eigenvalue weighted by Crippen LogP contribution is -2.52. The molecule has 2 N–H and O–H groups in total. The van der Waals surface area contributed by atoms with E-state index in [1.54, 1.807) is 6.92 Å². The van der Waals surface area contributed by atoms with Crippen LogP contribution in [0.4, 0.5) is 0 Å². The molecular weight excluding hydrogens is 142 g/mol. The van der Waals surface area contributed by atoms with Gasteiger partial charge in [-0.25, -0.2) is 0 Å². The van der Waals surface area contributed by atoms with Crippen LogP contribution in [0, 0.1) is 5.92 Å². The first-order valence-corrected chi connectivity index (χ1v) is 3.64. The highest BCUT2D eigenvalue weighted by molar-refractivity contribution is 6.39. The zero-order chi connectivity index (χ0) is 9.23. The van der Waals surface area contributed by atoms with Gasteiger partial charge in [-0.15, -0.1) is 0 Å². The van der Waals surface area contributed by atoms with Crippen LogP contribution in [-0.2, 0) is 9.59 Å². The molecule has 0 heterocycles. The molecule has 0 saturated heterocycles. The quantitative estimate of drug-likeness (QED) is 0.607. The van der Waals surface area contributed by atoms with E-state index in [9.17, 15) is 9.59 Å². The fraction of sp³-hybridized carbons (Fsp3) is 0.750. The van der Waals surface area contributed by atoms with E-state index in [0.717, 1.165) is 0 Å². The number of Topliss-reactive ketones (excluding diaryl/α,β-unsaturated/α-hetero) is 2. The fourth-order valence-electron chi connectivity index (χ4n) is 0.641. The van der Waals surface area contributed by atoms with Crippen molar-refractivity contribution in [1.29, 1.82) is 0 Å². The van der Waals surface area contributed by atoms with Gasteiger partial charge in [-0.1, -0.05) is 13.8 Å². The van der Waals surface area contributed by atoms with E-state index >= 15 is 0 Å². The molecule has 11 heavy (non-hydrogen) atoms. The zero-order valence-corrected chi connectivity index (χ0v) is 7.47. The van der Waals surface area contributed by atoms with Crippen molar-refractivity contribution in [2.75, 3.05) is 0 Å². The summed E-state index contributed by atoms with van der Waals surface area (Å²) in [7, 11) is 0. The molecule has 0 amide bonds. The van der Waals surface area contributed by atoms with Crippen molar-refractivity contribution in [2.24, 2.45) is 11.7 Å². The minimum absolute atomic E-state index is 0.0149. The summed E-state index contributed by atoms with van der Waals surface area (Å²) in [5.74, 6) is -0.977. The van der Waals surface area contributed by atoms with E-state index in [1.807, 2.05) is 13.8 Å². The molecule has 0 aromatic carbocycles. The zero-order valence-electron chi connectivity index (χ0n) is 7.47. The van der Waals surface area contributed by atoms with Crippen molar-refractivity contribution in [3.8, 4) is 0 Å². The van der Waals surface area contributed by atoms with E-state index in [2.05, 4.69) is 0 Å². The van der Waals surface area contributed by atoms with Gasteiger partial charge in [0.1, 0.15) is 0 Å². The maximum absolute atomic E-state index is 11.1. The van der Waals surface area contributed by atoms with Crippen LogP contribution < -0.4 is 5.73 Å². The van der Waals surface area contributed by atoms with Gasteiger partial charge >= 0.3 is 0 Å². The average Bonchev–Trinajstić information content (AvgIpc) is 1.85. The van der Waals surface area contributed by atoms with Crippen LogP contribution >= 0.6 is 0 Å². The summed E-state index contributed by atoms with van der Waals surface area (Å²) >= 11 is 0. The third-order valence-electron chi connectivity index (χ3n) is 2.01. The Balaban J connectivity index is 4.56. The summed E-state index contributed by atoms with van der Waals surface area (Å²) in [5.41, 5.74) is 4.63. The number of ketones is 2. The Morgan fingerprint density at radius 2 is 1.73 bits per heavy atom. The van der Waals surface area contributed by atoms with Crippen molar-refractivity contribution in [3.05, 3.63) is 0 Å². The Morgan fingerprint density at radius 1 is 1.36 bits per heavy atom. The normalized spacial score (nSPS) is 16.2. The highest BCUT2D eigenvalue weighted by Gasteiger charge is 2.34. The van der Waals surface area contributed by atoms with E-state index in [-0.39, 0.29) is 5.92 Å². The molecule has 0 rings (SSSR count). The fourth-order valence-corrected chi connectivity index (χ4v) is 0.641. The maximum atomic E-state index is 11.1. The summed E-state index contributed by atoms with van der Waals surface area (Å²) < 4.78 is 0. The minimum Gasteiger partial charge on any atom is -0.319 e. The Hall–Kier alpha value is -0.700. The van der Waals surface area contributed by atoms with Crippen molar-refractivity contribution in [1.82, 2.24) is 0 Å². The molecule has 1 atom stereocenters. The molecular formula is C8H15NO2. The second-order valence-electron chi connectivity index (χ2n) is 3.32. The molecule has 0 saturated carbocycles. The van der Waals surface area contributed by atoms with Gasteiger partial charge < -0.3 is 5.73 Å². The minimum atomic E-state index is -1.01. The SMILES string of the molecule is CC(=O)C(=O)C(C)(N)C(C)C. The summed E-state index contributed by atoms with van der Waals surface area (Å²) in [5, 5.41) is 0. The van der Waals surface area contributed by atoms with Gasteiger partial charge in [-0.2, -0.15) is 0 Å². The van der Waals surface area contributed by atoms with Crippen LogP contribution in [0.3, 0.4) is 0 Å². The average molecular weight is 157 g/mol. The first-order valence-electron chi connectivity index (χ1n) is 3.64. The third kappa shape index (κ3) is 2.12. The number of nitrogens with two attached hydrogens (primary N) is 1. The Bertz CT molecular complexity index is 183. The maximum Gasteiger partial charge on any atom is 0.217 e. The molecule has 0 aliphatic carbocycles. The molecule has 3 nitrogen and oxygen atoms in total. The van der Waals surface area contributed by atoms with Crippen LogP contribution in [0.5, 0.6) is 0 Å². The molecule has 0 aromatic rings. The molecule has 3 heteroatoms. The van der Waals surface area contributed by atoms with E-state index < -0.39 is 17.1 Å². The van der Waals surface area contributed by atoms with Gasteiger partial charge in [0.15, 0.2) is 5.78 Å². The van der Waals surface area contributed by atoms with E-state index in [1.165, 1.54) is 6.92 Å². The van der Waals surface area contributed by atoms with Crippen LogP contribution in [0.25, 0.3) is 0 Å². The van der Waals surface area contributed by atoms with Crippen molar-refractivity contribution in [2.45, 2.75) is 33.2 Å². The van der Waals surface area contributed by atoms with Crippen LogP contribution in [0.2, 0.25) is 0 Å². The smallest absolute Gasteiger partial charge is 0.217 e. The summed E-state index contributed by atoms with van der Waals surface area (Å²) in [6.07, 6.45) is 0. The predicted octanol–water partition coefficient (Wildman–Crippen LogP) is 0.518. The number of hydrogen-bond donors (Lipinski definition) is 1. The molecule has 64 valence electrons. The van der Waals surface area contributed by atoms with Crippen LogP contribution in [-0.4, -0.2) is 17.1 Å². The first kappa shape index (κ1) is 10.3. The van der Waals surface area contributed by atoms with Gasteiger partial charge in [-0.05, 0) is 12.8 Å². The van der Waals surface area contributed by atoms with Crippen molar-refractivity contribution < 1.29 is 9.59 Å². The predicted molar refractivity (Wildman–Crippen MR) is 43.1 cm³/mol. The second kappa shape index (κ2) is 3.13. The lowest BCUT2D eigenvalue weighted by molar-refractivity contribution is -0.139. The first-order chi connectivity index (χ1) is 4.80. The Morgan fingerprint density at radius 3 is 1.82 bits per heavy atom. The van der Waals surface area contributed by atoms with Crippen molar-refractivity contribution in [3.63, 3.8) is 0 Å². The Labute approximate surface area is 67.0 Å². The van der Waals surface area contributed by atoms with Gasteiger partial charge in [-0.3, -0.25) is 9.59 Å². The van der Waals surface area contributed by atoms with E-state index in [0.29, 0.717) is 0 Å². The number of carbonyl (C=O) groups excluding carboxylic acids is 2. The van der Waals surface area contributed by atoms with Crippen LogP contribution in [0.1, 0.15) is 27.7 Å². The van der Waals surface area contributed by atoms with Gasteiger partial charge in [0.2, 0.25) is 5.78 Å². The molecule has 0 radical (unpaired) electrons. The molecule has 0 spiro atoms.